The molecule has 6 nitrogen and oxygen atoms in total. The van der Waals surface area contributed by atoms with Crippen molar-refractivity contribution in [3.63, 3.8) is 0 Å². The van der Waals surface area contributed by atoms with E-state index in [4.69, 9.17) is 0 Å². The van der Waals surface area contributed by atoms with Gasteiger partial charge in [-0.15, -0.1) is 0 Å². The summed E-state index contributed by atoms with van der Waals surface area (Å²) >= 11 is 0. The van der Waals surface area contributed by atoms with Gasteiger partial charge in [-0.3, -0.25) is 14.9 Å². The minimum Gasteiger partial charge on any atom is -0.352 e. The Labute approximate surface area is 113 Å². The van der Waals surface area contributed by atoms with E-state index < -0.39 is 33.7 Å². The average Bonchev–Trinajstić information content (AvgIpc) is 2.91. The number of benzene rings is 1. The fraction of sp³-hybridized carbons (Fsp3) is 0.417. The summed E-state index contributed by atoms with van der Waals surface area (Å²) in [5, 5.41) is 16.1. The van der Waals surface area contributed by atoms with Gasteiger partial charge in [0, 0.05) is 6.54 Å². The molecule has 1 saturated heterocycles. The molecule has 1 amide bonds. The van der Waals surface area contributed by atoms with Crippen LogP contribution in [0.15, 0.2) is 12.1 Å². The maximum absolute atomic E-state index is 13.8. The van der Waals surface area contributed by atoms with Gasteiger partial charge in [-0.2, -0.15) is 4.39 Å². The second-order valence-electron chi connectivity index (χ2n) is 4.61. The van der Waals surface area contributed by atoms with Crippen molar-refractivity contribution in [2.45, 2.75) is 6.42 Å². The number of carbonyl (C=O) groups excluding carboxylic acids is 1. The van der Waals surface area contributed by atoms with Crippen molar-refractivity contribution in [1.82, 2.24) is 10.6 Å². The molecule has 0 aromatic heterocycles. The van der Waals surface area contributed by atoms with Crippen LogP contribution in [-0.4, -0.2) is 30.5 Å². The number of nitrogens with zero attached hydrogens (tertiary/aromatic N) is 1. The normalized spacial score (nSPS) is 18.0. The predicted molar refractivity (Wildman–Crippen MR) is 66.3 cm³/mol. The van der Waals surface area contributed by atoms with E-state index in [0.717, 1.165) is 19.5 Å². The van der Waals surface area contributed by atoms with Crippen LogP contribution in [0.1, 0.15) is 16.8 Å². The summed E-state index contributed by atoms with van der Waals surface area (Å²) in [7, 11) is 0. The highest BCUT2D eigenvalue weighted by atomic mass is 19.1. The quantitative estimate of drug-likeness (QED) is 0.643. The van der Waals surface area contributed by atoms with Gasteiger partial charge in [0.1, 0.15) is 5.82 Å². The van der Waals surface area contributed by atoms with E-state index in [9.17, 15) is 23.7 Å². The van der Waals surface area contributed by atoms with Gasteiger partial charge in [0.15, 0.2) is 0 Å². The van der Waals surface area contributed by atoms with Crippen molar-refractivity contribution < 1.29 is 18.5 Å². The Balaban J connectivity index is 2.14. The van der Waals surface area contributed by atoms with E-state index in [-0.39, 0.29) is 5.92 Å². The summed E-state index contributed by atoms with van der Waals surface area (Å²) in [5.41, 5.74) is -1.69. The first kappa shape index (κ1) is 14.3. The molecule has 2 rings (SSSR count). The second kappa shape index (κ2) is 5.91. The van der Waals surface area contributed by atoms with Crippen LogP contribution in [0.5, 0.6) is 0 Å². The minimum absolute atomic E-state index is 0.227. The van der Waals surface area contributed by atoms with E-state index in [2.05, 4.69) is 10.6 Å². The van der Waals surface area contributed by atoms with Crippen molar-refractivity contribution in [2.24, 2.45) is 5.92 Å². The molecule has 1 atom stereocenters. The van der Waals surface area contributed by atoms with Gasteiger partial charge in [-0.1, -0.05) is 0 Å². The zero-order valence-corrected chi connectivity index (χ0v) is 10.5. The van der Waals surface area contributed by atoms with E-state index >= 15 is 0 Å². The number of nitro benzene ring substituents is 1. The Bertz CT molecular complexity index is 545. The molecule has 1 aliphatic heterocycles. The fourth-order valence-electron chi connectivity index (χ4n) is 2.09. The third kappa shape index (κ3) is 3.08. The molecule has 8 heteroatoms. The summed E-state index contributed by atoms with van der Waals surface area (Å²) in [6, 6.07) is 1.11. The SMILES string of the molecule is O=C(NCC1CCNC1)c1cc(F)cc([N+](=O)[O-])c1F. The summed E-state index contributed by atoms with van der Waals surface area (Å²) in [5.74, 6) is -2.97. The molecule has 0 aliphatic carbocycles. The molecule has 0 bridgehead atoms. The van der Waals surface area contributed by atoms with Crippen LogP contribution in [0.25, 0.3) is 0 Å². The van der Waals surface area contributed by atoms with Crippen LogP contribution in [-0.2, 0) is 0 Å². The van der Waals surface area contributed by atoms with E-state index in [0.29, 0.717) is 18.7 Å². The molecule has 2 N–H and O–H groups in total. The molecule has 1 heterocycles. The van der Waals surface area contributed by atoms with Crippen LogP contribution in [0.4, 0.5) is 14.5 Å². The van der Waals surface area contributed by atoms with Crippen LogP contribution in [0.3, 0.4) is 0 Å². The Hall–Kier alpha value is -2.09. The molecule has 0 radical (unpaired) electrons. The van der Waals surface area contributed by atoms with Gasteiger partial charge in [0.05, 0.1) is 16.6 Å². The third-order valence-electron chi connectivity index (χ3n) is 3.17. The van der Waals surface area contributed by atoms with E-state index in [1.165, 1.54) is 0 Å². The van der Waals surface area contributed by atoms with Crippen molar-refractivity contribution in [3.05, 3.63) is 39.4 Å². The number of halogens is 2. The van der Waals surface area contributed by atoms with Gasteiger partial charge in [0.25, 0.3) is 5.91 Å². The second-order valence-corrected chi connectivity index (χ2v) is 4.61. The maximum Gasteiger partial charge on any atom is 0.308 e. The standard InChI is InChI=1S/C12H13F2N3O3/c13-8-3-9(11(14)10(4-8)17(19)20)12(18)16-6-7-1-2-15-5-7/h3-4,7,15H,1-2,5-6H2,(H,16,18). The van der Waals surface area contributed by atoms with Gasteiger partial charge in [0.2, 0.25) is 5.82 Å². The monoisotopic (exact) mass is 285 g/mol. The fourth-order valence-corrected chi connectivity index (χ4v) is 2.09. The first-order valence-electron chi connectivity index (χ1n) is 6.11. The van der Waals surface area contributed by atoms with Crippen molar-refractivity contribution in [2.75, 3.05) is 19.6 Å². The Kier molecular flexibility index (Phi) is 4.23. The highest BCUT2D eigenvalue weighted by Gasteiger charge is 2.25. The molecule has 20 heavy (non-hydrogen) atoms. The van der Waals surface area contributed by atoms with Crippen molar-refractivity contribution in [3.8, 4) is 0 Å². The zero-order valence-electron chi connectivity index (χ0n) is 10.5. The first-order chi connectivity index (χ1) is 9.49. The lowest BCUT2D eigenvalue weighted by molar-refractivity contribution is -0.387. The lowest BCUT2D eigenvalue weighted by Gasteiger charge is -2.10. The van der Waals surface area contributed by atoms with Crippen molar-refractivity contribution in [1.29, 1.82) is 0 Å². The smallest absolute Gasteiger partial charge is 0.308 e. The number of nitrogens with one attached hydrogen (secondary N) is 2. The largest absolute Gasteiger partial charge is 0.352 e. The zero-order chi connectivity index (χ0) is 14.7. The molecular weight excluding hydrogens is 272 g/mol. The molecule has 108 valence electrons. The van der Waals surface area contributed by atoms with Gasteiger partial charge in [-0.25, -0.2) is 4.39 Å². The third-order valence-corrected chi connectivity index (χ3v) is 3.17. The molecule has 0 saturated carbocycles. The van der Waals surface area contributed by atoms with Crippen LogP contribution in [0, 0.1) is 27.7 Å². The molecule has 1 fully saturated rings. The van der Waals surface area contributed by atoms with Gasteiger partial charge in [-0.05, 0) is 31.5 Å². The Morgan fingerprint density at radius 1 is 1.50 bits per heavy atom. The Morgan fingerprint density at radius 2 is 2.25 bits per heavy atom. The highest BCUT2D eigenvalue weighted by Crippen LogP contribution is 2.22. The lowest BCUT2D eigenvalue weighted by Crippen LogP contribution is -2.31. The van der Waals surface area contributed by atoms with E-state index in [1.54, 1.807) is 0 Å². The molecule has 0 spiro atoms. The van der Waals surface area contributed by atoms with Crippen molar-refractivity contribution >= 4 is 11.6 Å². The molecular formula is C12H13F2N3O3. The maximum atomic E-state index is 13.8. The number of rotatable bonds is 4. The van der Waals surface area contributed by atoms with E-state index in [1.807, 2.05) is 0 Å². The Morgan fingerprint density at radius 3 is 2.85 bits per heavy atom. The number of hydrogen-bond acceptors (Lipinski definition) is 4. The van der Waals surface area contributed by atoms with Crippen LogP contribution in [0.2, 0.25) is 0 Å². The summed E-state index contributed by atoms with van der Waals surface area (Å²) in [6.07, 6.45) is 0.881. The average molecular weight is 285 g/mol. The number of nitro groups is 1. The molecule has 1 aromatic rings. The van der Waals surface area contributed by atoms with Crippen LogP contribution < -0.4 is 10.6 Å². The molecule has 1 aromatic carbocycles. The highest BCUT2D eigenvalue weighted by molar-refractivity contribution is 5.95. The number of amides is 1. The number of carbonyl (C=O) groups is 1. The topological polar surface area (TPSA) is 84.3 Å². The predicted octanol–water partition coefficient (Wildman–Crippen LogP) is 1.21. The summed E-state index contributed by atoms with van der Waals surface area (Å²) in [6.45, 7) is 1.90. The number of hydrogen-bond donors (Lipinski definition) is 2. The minimum atomic E-state index is -1.32. The summed E-state index contributed by atoms with van der Waals surface area (Å²) in [4.78, 5) is 21.3. The van der Waals surface area contributed by atoms with Crippen LogP contribution >= 0.6 is 0 Å². The van der Waals surface area contributed by atoms with Gasteiger partial charge >= 0.3 is 5.69 Å². The first-order valence-corrected chi connectivity index (χ1v) is 6.11. The lowest BCUT2D eigenvalue weighted by atomic mass is 10.1. The summed E-state index contributed by atoms with van der Waals surface area (Å²) < 4.78 is 27.0. The van der Waals surface area contributed by atoms with Gasteiger partial charge < -0.3 is 10.6 Å². The molecule has 1 unspecified atom stereocenters. The molecule has 1 aliphatic rings.